The van der Waals surface area contributed by atoms with Crippen molar-refractivity contribution >= 4 is 23.6 Å². The van der Waals surface area contributed by atoms with E-state index in [2.05, 4.69) is 26.0 Å². The number of benzene rings is 1. The molecule has 0 N–H and O–H groups in total. The summed E-state index contributed by atoms with van der Waals surface area (Å²) in [5.74, 6) is 1.56. The fourth-order valence-electron chi connectivity index (χ4n) is 3.00. The fraction of sp³-hybridized carbons (Fsp3) is 0.600. The SMILES string of the molecule is CC(C)C(=O)N1CCN(C(=O)C(SCc2ccccc2)C(C)C)CC1. The van der Waals surface area contributed by atoms with Crippen LogP contribution in [0.1, 0.15) is 33.3 Å². The number of amides is 2. The molecule has 138 valence electrons. The van der Waals surface area contributed by atoms with Crippen molar-refractivity contribution in [2.24, 2.45) is 11.8 Å². The minimum absolute atomic E-state index is 0.0205. The van der Waals surface area contributed by atoms with Gasteiger partial charge in [-0.25, -0.2) is 0 Å². The number of nitrogens with zero attached hydrogens (tertiary/aromatic N) is 2. The molecular formula is C20H30N2O2S. The summed E-state index contributed by atoms with van der Waals surface area (Å²) in [4.78, 5) is 28.9. The van der Waals surface area contributed by atoms with Crippen LogP contribution >= 0.6 is 11.8 Å². The van der Waals surface area contributed by atoms with Crippen molar-refractivity contribution in [3.63, 3.8) is 0 Å². The average molecular weight is 363 g/mol. The Balaban J connectivity index is 1.91. The molecule has 1 saturated heterocycles. The first-order valence-corrected chi connectivity index (χ1v) is 10.2. The number of carbonyl (C=O) groups excluding carboxylic acids is 2. The van der Waals surface area contributed by atoms with Crippen LogP contribution in [0.5, 0.6) is 0 Å². The van der Waals surface area contributed by atoms with E-state index in [0.717, 1.165) is 5.75 Å². The molecule has 1 aromatic rings. The zero-order valence-corrected chi connectivity index (χ0v) is 16.6. The lowest BCUT2D eigenvalue weighted by Gasteiger charge is -2.37. The highest BCUT2D eigenvalue weighted by molar-refractivity contribution is 7.99. The van der Waals surface area contributed by atoms with E-state index in [0.29, 0.717) is 26.2 Å². The average Bonchev–Trinajstić information content (AvgIpc) is 2.61. The Hall–Kier alpha value is -1.49. The highest BCUT2D eigenvalue weighted by atomic mass is 32.2. The summed E-state index contributed by atoms with van der Waals surface area (Å²) in [5.41, 5.74) is 1.25. The van der Waals surface area contributed by atoms with E-state index in [9.17, 15) is 9.59 Å². The molecule has 1 aliphatic rings. The quantitative estimate of drug-likeness (QED) is 0.780. The molecule has 0 aliphatic carbocycles. The van der Waals surface area contributed by atoms with Crippen LogP contribution in [0.25, 0.3) is 0 Å². The maximum Gasteiger partial charge on any atom is 0.236 e. The first kappa shape index (κ1) is 19.8. The predicted octanol–water partition coefficient (Wildman–Crippen LogP) is 3.27. The second-order valence-corrected chi connectivity index (χ2v) is 8.40. The monoisotopic (exact) mass is 362 g/mol. The molecule has 2 rings (SSSR count). The zero-order chi connectivity index (χ0) is 18.4. The van der Waals surface area contributed by atoms with Gasteiger partial charge in [-0.05, 0) is 11.5 Å². The Kier molecular flexibility index (Phi) is 7.36. The van der Waals surface area contributed by atoms with Gasteiger partial charge in [0.1, 0.15) is 0 Å². The fourth-order valence-corrected chi connectivity index (χ4v) is 4.24. The van der Waals surface area contributed by atoms with Crippen LogP contribution in [0.4, 0.5) is 0 Å². The Morgan fingerprint density at radius 1 is 0.920 bits per heavy atom. The van der Waals surface area contributed by atoms with Crippen LogP contribution in [0.3, 0.4) is 0 Å². The van der Waals surface area contributed by atoms with Gasteiger partial charge in [-0.3, -0.25) is 9.59 Å². The molecule has 1 heterocycles. The Morgan fingerprint density at radius 2 is 1.44 bits per heavy atom. The molecule has 1 aliphatic heterocycles. The van der Waals surface area contributed by atoms with Gasteiger partial charge in [-0.1, -0.05) is 58.0 Å². The summed E-state index contributed by atoms with van der Waals surface area (Å²) in [7, 11) is 0. The van der Waals surface area contributed by atoms with Crippen molar-refractivity contribution in [1.29, 1.82) is 0 Å². The van der Waals surface area contributed by atoms with Crippen LogP contribution in [0.2, 0.25) is 0 Å². The summed E-state index contributed by atoms with van der Waals surface area (Å²) in [6.45, 7) is 10.7. The van der Waals surface area contributed by atoms with Gasteiger partial charge in [-0.15, -0.1) is 11.8 Å². The largest absolute Gasteiger partial charge is 0.339 e. The second-order valence-electron chi connectivity index (χ2n) is 7.27. The topological polar surface area (TPSA) is 40.6 Å². The molecule has 2 amide bonds. The van der Waals surface area contributed by atoms with Crippen LogP contribution in [-0.4, -0.2) is 53.0 Å². The van der Waals surface area contributed by atoms with Crippen molar-refractivity contribution in [2.75, 3.05) is 26.2 Å². The van der Waals surface area contributed by atoms with E-state index in [4.69, 9.17) is 0 Å². The predicted molar refractivity (Wildman–Crippen MR) is 104 cm³/mol. The van der Waals surface area contributed by atoms with Crippen LogP contribution in [-0.2, 0) is 15.3 Å². The summed E-state index contributed by atoms with van der Waals surface area (Å²) in [6.07, 6.45) is 0. The smallest absolute Gasteiger partial charge is 0.236 e. The molecule has 0 saturated carbocycles. The molecule has 1 atom stereocenters. The van der Waals surface area contributed by atoms with E-state index in [1.165, 1.54) is 5.56 Å². The number of rotatable bonds is 6. The van der Waals surface area contributed by atoms with Gasteiger partial charge in [-0.2, -0.15) is 0 Å². The van der Waals surface area contributed by atoms with E-state index in [-0.39, 0.29) is 28.9 Å². The third-order valence-electron chi connectivity index (χ3n) is 4.52. The molecule has 0 spiro atoms. The Labute approximate surface area is 156 Å². The molecular weight excluding hydrogens is 332 g/mol. The van der Waals surface area contributed by atoms with Gasteiger partial charge in [0.25, 0.3) is 0 Å². The molecule has 5 heteroatoms. The van der Waals surface area contributed by atoms with E-state index in [1.807, 2.05) is 41.8 Å². The van der Waals surface area contributed by atoms with Gasteiger partial charge in [0, 0.05) is 37.8 Å². The number of carbonyl (C=O) groups is 2. The normalized spacial score (nSPS) is 16.4. The van der Waals surface area contributed by atoms with Crippen molar-refractivity contribution < 1.29 is 9.59 Å². The number of hydrogen-bond donors (Lipinski definition) is 0. The third-order valence-corrected chi connectivity index (χ3v) is 6.12. The number of thioether (sulfide) groups is 1. The van der Waals surface area contributed by atoms with Crippen molar-refractivity contribution in [3.8, 4) is 0 Å². The van der Waals surface area contributed by atoms with Gasteiger partial charge in [0.05, 0.1) is 5.25 Å². The van der Waals surface area contributed by atoms with Gasteiger partial charge >= 0.3 is 0 Å². The van der Waals surface area contributed by atoms with Gasteiger partial charge in [0.15, 0.2) is 0 Å². The third kappa shape index (κ3) is 5.50. The Morgan fingerprint density at radius 3 is 1.92 bits per heavy atom. The summed E-state index contributed by atoms with van der Waals surface area (Å²) < 4.78 is 0. The van der Waals surface area contributed by atoms with E-state index in [1.54, 1.807) is 11.8 Å². The van der Waals surface area contributed by atoms with Crippen LogP contribution in [0.15, 0.2) is 30.3 Å². The van der Waals surface area contributed by atoms with Crippen molar-refractivity contribution in [1.82, 2.24) is 9.80 Å². The molecule has 1 unspecified atom stereocenters. The summed E-state index contributed by atoms with van der Waals surface area (Å²) in [6, 6.07) is 10.3. The van der Waals surface area contributed by atoms with Gasteiger partial charge in [0.2, 0.25) is 11.8 Å². The minimum atomic E-state index is -0.0347. The molecule has 0 aromatic heterocycles. The number of hydrogen-bond acceptors (Lipinski definition) is 3. The molecule has 1 fully saturated rings. The maximum atomic E-state index is 13.0. The first-order chi connectivity index (χ1) is 11.9. The maximum absolute atomic E-state index is 13.0. The summed E-state index contributed by atoms with van der Waals surface area (Å²) in [5, 5.41) is -0.0347. The lowest BCUT2D eigenvalue weighted by atomic mass is 10.1. The Bertz CT molecular complexity index is 566. The molecule has 25 heavy (non-hydrogen) atoms. The van der Waals surface area contributed by atoms with Gasteiger partial charge < -0.3 is 9.80 Å². The minimum Gasteiger partial charge on any atom is -0.339 e. The summed E-state index contributed by atoms with van der Waals surface area (Å²) >= 11 is 1.72. The van der Waals surface area contributed by atoms with E-state index < -0.39 is 0 Å². The second kappa shape index (κ2) is 9.27. The van der Waals surface area contributed by atoms with E-state index >= 15 is 0 Å². The molecule has 4 nitrogen and oxygen atoms in total. The highest BCUT2D eigenvalue weighted by Crippen LogP contribution is 2.26. The molecule has 0 bridgehead atoms. The van der Waals surface area contributed by atoms with Crippen molar-refractivity contribution in [3.05, 3.63) is 35.9 Å². The van der Waals surface area contributed by atoms with Crippen molar-refractivity contribution in [2.45, 2.75) is 38.7 Å². The lowest BCUT2D eigenvalue weighted by molar-refractivity contribution is -0.141. The zero-order valence-electron chi connectivity index (χ0n) is 15.8. The standard InChI is InChI=1S/C20H30N2O2S/c1-15(2)18(25-14-17-8-6-5-7-9-17)20(24)22-12-10-21(11-13-22)19(23)16(3)4/h5-9,15-16,18H,10-14H2,1-4H3. The molecule has 1 aromatic carbocycles. The first-order valence-electron chi connectivity index (χ1n) is 9.13. The lowest BCUT2D eigenvalue weighted by Crippen LogP contribution is -2.53. The van der Waals surface area contributed by atoms with Crippen LogP contribution in [0, 0.1) is 11.8 Å². The highest BCUT2D eigenvalue weighted by Gasteiger charge is 2.31. The number of piperazine rings is 1. The molecule has 0 radical (unpaired) electrons. The van der Waals surface area contributed by atoms with Crippen LogP contribution < -0.4 is 0 Å².